The fraction of sp³-hybridized carbons (Fsp3) is 0.517. The second-order valence-corrected chi connectivity index (χ2v) is 12.1. The summed E-state index contributed by atoms with van der Waals surface area (Å²) in [5, 5.41) is 22.0. The lowest BCUT2D eigenvalue weighted by atomic mass is 9.49. The predicted molar refractivity (Wildman–Crippen MR) is 134 cm³/mol. The Morgan fingerprint density at radius 2 is 1.95 bits per heavy atom. The first-order valence-electron chi connectivity index (χ1n) is 12.6. The first-order chi connectivity index (χ1) is 17.1. The zero-order valence-corrected chi connectivity index (χ0v) is 22.1. The third kappa shape index (κ3) is 2.73. The van der Waals surface area contributed by atoms with E-state index in [1.807, 2.05) is 33.8 Å². The molecule has 7 rings (SSSR count). The SMILES string of the molecule is CO[C@]12C=C3C(=O)c4c(O)cc5oc(C(C)(C)O)cc5c4O[C@]34[C@H](C1)C(C)(C)O[C@]4(CC=C(C)C)C2=O. The monoisotopic (exact) mass is 508 g/mol. The molecular formula is C29H32O8. The van der Waals surface area contributed by atoms with E-state index in [0.717, 1.165) is 5.57 Å². The van der Waals surface area contributed by atoms with Gasteiger partial charge in [0.15, 0.2) is 17.0 Å². The Hall–Kier alpha value is -2.94. The molecule has 0 amide bonds. The molecule has 2 fully saturated rings. The zero-order valence-electron chi connectivity index (χ0n) is 22.1. The van der Waals surface area contributed by atoms with Gasteiger partial charge in [-0.3, -0.25) is 9.59 Å². The molecule has 3 aliphatic carbocycles. The van der Waals surface area contributed by atoms with Crippen LogP contribution < -0.4 is 4.74 Å². The maximum absolute atomic E-state index is 14.3. The van der Waals surface area contributed by atoms with Crippen molar-refractivity contribution in [3.63, 3.8) is 0 Å². The molecule has 0 unspecified atom stereocenters. The molecular weight excluding hydrogens is 476 g/mol. The fourth-order valence-corrected chi connectivity index (χ4v) is 6.95. The number of Topliss-reactive ketones (excluding diaryl/α,β-unsaturated/α-hetero) is 2. The summed E-state index contributed by atoms with van der Waals surface area (Å²) >= 11 is 0. The van der Waals surface area contributed by atoms with Gasteiger partial charge in [-0.25, -0.2) is 0 Å². The third-order valence-electron chi connectivity index (χ3n) is 8.66. The highest BCUT2D eigenvalue weighted by Gasteiger charge is 2.84. The largest absolute Gasteiger partial charge is 0.507 e. The number of ketones is 2. The summed E-state index contributed by atoms with van der Waals surface area (Å²) in [7, 11) is 1.47. The molecule has 0 radical (unpaired) electrons. The van der Waals surface area contributed by atoms with Crippen LogP contribution in [-0.4, -0.2) is 51.3 Å². The lowest BCUT2D eigenvalue weighted by molar-refractivity contribution is -0.189. The second kappa shape index (κ2) is 6.92. The number of allylic oxidation sites excluding steroid dienone is 1. The van der Waals surface area contributed by atoms with Crippen LogP contribution in [0, 0.1) is 5.92 Å². The van der Waals surface area contributed by atoms with E-state index in [4.69, 9.17) is 18.6 Å². The number of hydrogen-bond donors (Lipinski definition) is 2. The van der Waals surface area contributed by atoms with Crippen molar-refractivity contribution < 1.29 is 38.4 Å². The maximum atomic E-state index is 14.3. The number of phenolic OH excluding ortho intramolecular Hbond substituents is 1. The molecule has 2 aliphatic heterocycles. The van der Waals surface area contributed by atoms with Crippen molar-refractivity contribution in [1.29, 1.82) is 0 Å². The summed E-state index contributed by atoms with van der Waals surface area (Å²) in [6, 6.07) is 2.98. The molecule has 8 nitrogen and oxygen atoms in total. The van der Waals surface area contributed by atoms with Crippen LogP contribution in [0.25, 0.3) is 11.0 Å². The van der Waals surface area contributed by atoms with Crippen molar-refractivity contribution in [2.75, 3.05) is 7.11 Å². The number of ether oxygens (including phenoxy) is 3. The van der Waals surface area contributed by atoms with Gasteiger partial charge in [-0.05, 0) is 60.1 Å². The Balaban J connectivity index is 1.70. The molecule has 8 heteroatoms. The highest BCUT2D eigenvalue weighted by Crippen LogP contribution is 2.69. The molecule has 37 heavy (non-hydrogen) atoms. The van der Waals surface area contributed by atoms with Crippen LogP contribution in [0.5, 0.6) is 11.5 Å². The lowest BCUT2D eigenvalue weighted by Gasteiger charge is -2.59. The van der Waals surface area contributed by atoms with Crippen LogP contribution >= 0.6 is 0 Å². The van der Waals surface area contributed by atoms with E-state index in [1.165, 1.54) is 13.2 Å². The molecule has 2 N–H and O–H groups in total. The van der Waals surface area contributed by atoms with Crippen LogP contribution in [0.2, 0.25) is 0 Å². The second-order valence-electron chi connectivity index (χ2n) is 12.1. The molecule has 1 spiro atoms. The van der Waals surface area contributed by atoms with Crippen molar-refractivity contribution >= 4 is 22.5 Å². The van der Waals surface area contributed by atoms with Crippen LogP contribution in [0.1, 0.15) is 70.5 Å². The van der Waals surface area contributed by atoms with Gasteiger partial charge in [-0.1, -0.05) is 11.6 Å². The summed E-state index contributed by atoms with van der Waals surface area (Å²) in [6.07, 6.45) is 4.00. The Morgan fingerprint density at radius 3 is 2.57 bits per heavy atom. The summed E-state index contributed by atoms with van der Waals surface area (Å²) in [4.78, 5) is 28.6. The molecule has 1 saturated carbocycles. The normalized spacial score (nSPS) is 33.2. The number of hydrogen-bond acceptors (Lipinski definition) is 8. The molecule has 196 valence electrons. The minimum atomic E-state index is -1.52. The van der Waals surface area contributed by atoms with E-state index in [2.05, 4.69) is 0 Å². The van der Waals surface area contributed by atoms with Crippen molar-refractivity contribution in [1.82, 2.24) is 0 Å². The number of aliphatic hydroxyl groups is 1. The summed E-state index contributed by atoms with van der Waals surface area (Å²) in [6.45, 7) is 10.9. The quantitative estimate of drug-likeness (QED) is 0.580. The molecule has 1 saturated heterocycles. The Kier molecular flexibility index (Phi) is 4.57. The smallest absolute Gasteiger partial charge is 0.205 e. The molecule has 3 heterocycles. The molecule has 2 aromatic rings. The Bertz CT molecular complexity index is 1460. The van der Waals surface area contributed by atoms with Gasteiger partial charge in [0.1, 0.15) is 39.6 Å². The van der Waals surface area contributed by atoms with Gasteiger partial charge in [0.2, 0.25) is 5.78 Å². The first kappa shape index (κ1) is 24.4. The minimum absolute atomic E-state index is 0.00621. The Morgan fingerprint density at radius 1 is 1.24 bits per heavy atom. The zero-order chi connectivity index (χ0) is 26.9. The van der Waals surface area contributed by atoms with E-state index in [-0.39, 0.29) is 46.2 Å². The maximum Gasteiger partial charge on any atom is 0.205 e. The number of aromatic hydroxyl groups is 1. The summed E-state index contributed by atoms with van der Waals surface area (Å²) in [5.41, 5.74) is -4.91. The summed E-state index contributed by atoms with van der Waals surface area (Å²) < 4.78 is 25.3. The topological polar surface area (TPSA) is 115 Å². The van der Waals surface area contributed by atoms with Crippen molar-refractivity contribution in [2.24, 2.45) is 5.92 Å². The van der Waals surface area contributed by atoms with Crippen molar-refractivity contribution in [2.45, 2.75) is 82.4 Å². The number of fused-ring (bicyclic) bond motifs is 3. The predicted octanol–water partition coefficient (Wildman–Crippen LogP) is 4.50. The van der Waals surface area contributed by atoms with E-state index < -0.39 is 39.7 Å². The van der Waals surface area contributed by atoms with E-state index in [1.54, 1.807) is 26.0 Å². The van der Waals surface area contributed by atoms with Gasteiger partial charge in [0.25, 0.3) is 0 Å². The lowest BCUT2D eigenvalue weighted by Crippen LogP contribution is -2.77. The molecule has 5 aliphatic rings. The summed E-state index contributed by atoms with van der Waals surface area (Å²) in [5.74, 6) is -1.03. The molecule has 1 aromatic heterocycles. The average Bonchev–Trinajstić information content (AvgIpc) is 3.30. The van der Waals surface area contributed by atoms with Gasteiger partial charge in [-0.2, -0.15) is 0 Å². The van der Waals surface area contributed by atoms with Gasteiger partial charge in [0, 0.05) is 31.1 Å². The minimum Gasteiger partial charge on any atom is -0.507 e. The van der Waals surface area contributed by atoms with Crippen LogP contribution in [-0.2, 0) is 19.9 Å². The first-order valence-corrected chi connectivity index (χ1v) is 12.6. The van der Waals surface area contributed by atoms with Crippen molar-refractivity contribution in [3.05, 3.63) is 46.8 Å². The van der Waals surface area contributed by atoms with Gasteiger partial charge < -0.3 is 28.8 Å². The number of rotatable bonds is 4. The van der Waals surface area contributed by atoms with Gasteiger partial charge >= 0.3 is 0 Å². The number of phenols is 1. The Labute approximate surface area is 214 Å². The fourth-order valence-electron chi connectivity index (χ4n) is 6.95. The van der Waals surface area contributed by atoms with Gasteiger partial charge in [-0.15, -0.1) is 0 Å². The highest BCUT2D eigenvalue weighted by molar-refractivity contribution is 6.21. The van der Waals surface area contributed by atoms with Crippen LogP contribution in [0.4, 0.5) is 0 Å². The van der Waals surface area contributed by atoms with Crippen LogP contribution in [0.15, 0.2) is 39.8 Å². The van der Waals surface area contributed by atoms with E-state index in [9.17, 15) is 19.8 Å². The van der Waals surface area contributed by atoms with Gasteiger partial charge in [0.05, 0.1) is 11.0 Å². The van der Waals surface area contributed by atoms with Crippen LogP contribution in [0.3, 0.4) is 0 Å². The molecule has 4 bridgehead atoms. The number of carbonyl (C=O) groups is 2. The van der Waals surface area contributed by atoms with E-state index >= 15 is 0 Å². The molecule has 4 atom stereocenters. The number of methoxy groups -OCH3 is 1. The van der Waals surface area contributed by atoms with Crippen molar-refractivity contribution in [3.8, 4) is 11.5 Å². The number of furan rings is 1. The van der Waals surface area contributed by atoms with E-state index in [0.29, 0.717) is 11.8 Å². The molecule has 1 aromatic carbocycles. The average molecular weight is 509 g/mol. The third-order valence-corrected chi connectivity index (χ3v) is 8.66. The standard InChI is InChI=1S/C29H32O8/c1-14(2)8-9-28-24(32)27(34-7)12-16-22(31)21-17(30)11-18-15(10-20(35-18)25(3,4)33)23(21)36-29(16,28)19(13-27)26(5,6)37-28/h8,10-12,19,30,33H,9,13H2,1-7H3/t19-,27-,28-,29+/m1/s1. The number of benzene rings is 1. The number of carbonyl (C=O) groups excluding carboxylic acids is 2. The highest BCUT2D eigenvalue weighted by atomic mass is 16.6.